The summed E-state index contributed by atoms with van der Waals surface area (Å²) in [5.41, 5.74) is 0.547. The molecule has 3 saturated carbocycles. The minimum absolute atomic E-state index is 0.547. The first-order valence-electron chi connectivity index (χ1n) is 9.54. The van der Waals surface area contributed by atoms with Gasteiger partial charge in [0.05, 0.1) is 0 Å². The Labute approximate surface area is 131 Å². The molecular formula is C21H32. The molecule has 5 atom stereocenters. The molecule has 0 aromatic rings. The molecular weight excluding hydrogens is 252 g/mol. The van der Waals surface area contributed by atoms with Crippen LogP contribution in [0.3, 0.4) is 0 Å². The Morgan fingerprint density at radius 2 is 1.29 bits per heavy atom. The predicted octanol–water partition coefficient (Wildman–Crippen LogP) is 6.00. The van der Waals surface area contributed by atoms with E-state index in [1.165, 1.54) is 51.4 Å². The van der Waals surface area contributed by atoms with Gasteiger partial charge in [0.1, 0.15) is 0 Å². The topological polar surface area (TPSA) is 0 Å². The molecule has 0 aromatic carbocycles. The second kappa shape index (κ2) is 5.28. The largest absolute Gasteiger partial charge is 0.0805 e. The van der Waals surface area contributed by atoms with Crippen molar-refractivity contribution in [1.29, 1.82) is 0 Å². The second-order valence-corrected chi connectivity index (χ2v) is 8.87. The summed E-state index contributed by atoms with van der Waals surface area (Å²) in [7, 11) is 0. The first-order valence-corrected chi connectivity index (χ1v) is 9.54. The average Bonchev–Trinajstić information content (AvgIpc) is 3.14. The highest BCUT2D eigenvalue weighted by atomic mass is 14.6. The van der Waals surface area contributed by atoms with Crippen LogP contribution in [0.5, 0.6) is 0 Å². The standard InChI is InChI=1S/C21H32/c1-21(2,15-9-3-4-10-15)20-18-13-7-5-11-16(18)17-12-6-8-14-19(17)20/h5,7,11,13,15-20H,3-4,6,8-10,12,14H2,1-2H3. The molecule has 3 fully saturated rings. The molecule has 0 bridgehead atoms. The van der Waals surface area contributed by atoms with Gasteiger partial charge in [-0.2, -0.15) is 0 Å². The van der Waals surface area contributed by atoms with Crippen molar-refractivity contribution >= 4 is 0 Å². The average molecular weight is 284 g/mol. The van der Waals surface area contributed by atoms with Crippen molar-refractivity contribution in [3.8, 4) is 0 Å². The third-order valence-electron chi connectivity index (χ3n) is 7.73. The summed E-state index contributed by atoms with van der Waals surface area (Å²) < 4.78 is 0. The molecule has 0 spiro atoms. The molecule has 4 aliphatic carbocycles. The minimum atomic E-state index is 0.547. The molecule has 116 valence electrons. The molecule has 0 nitrogen and oxygen atoms in total. The van der Waals surface area contributed by atoms with E-state index >= 15 is 0 Å². The molecule has 0 amide bonds. The lowest BCUT2D eigenvalue weighted by molar-refractivity contribution is 0.0480. The van der Waals surface area contributed by atoms with Gasteiger partial charge < -0.3 is 0 Å². The van der Waals surface area contributed by atoms with E-state index < -0.39 is 0 Å². The molecule has 4 aliphatic rings. The van der Waals surface area contributed by atoms with Gasteiger partial charge in [0.2, 0.25) is 0 Å². The van der Waals surface area contributed by atoms with E-state index in [0.29, 0.717) is 5.41 Å². The van der Waals surface area contributed by atoms with Crippen molar-refractivity contribution < 1.29 is 0 Å². The lowest BCUT2D eigenvalue weighted by Crippen LogP contribution is -2.38. The van der Waals surface area contributed by atoms with Crippen molar-refractivity contribution in [3.05, 3.63) is 24.3 Å². The highest BCUT2D eigenvalue weighted by molar-refractivity contribution is 5.22. The fourth-order valence-corrected chi connectivity index (χ4v) is 6.82. The van der Waals surface area contributed by atoms with Gasteiger partial charge >= 0.3 is 0 Å². The van der Waals surface area contributed by atoms with Crippen LogP contribution in [0.2, 0.25) is 0 Å². The van der Waals surface area contributed by atoms with Crippen LogP contribution in [0.1, 0.15) is 65.2 Å². The molecule has 21 heavy (non-hydrogen) atoms. The lowest BCUT2D eigenvalue weighted by atomic mass is 9.60. The predicted molar refractivity (Wildman–Crippen MR) is 89.9 cm³/mol. The Balaban J connectivity index is 1.68. The van der Waals surface area contributed by atoms with Crippen LogP contribution >= 0.6 is 0 Å². The van der Waals surface area contributed by atoms with Gasteiger partial charge in [0.15, 0.2) is 0 Å². The van der Waals surface area contributed by atoms with Crippen molar-refractivity contribution in [2.24, 2.45) is 40.9 Å². The van der Waals surface area contributed by atoms with Crippen LogP contribution in [-0.4, -0.2) is 0 Å². The summed E-state index contributed by atoms with van der Waals surface area (Å²) in [6.07, 6.45) is 21.8. The molecule has 0 saturated heterocycles. The third kappa shape index (κ3) is 2.16. The van der Waals surface area contributed by atoms with Gasteiger partial charge in [0.25, 0.3) is 0 Å². The summed E-state index contributed by atoms with van der Waals surface area (Å²) in [5.74, 6) is 5.65. The van der Waals surface area contributed by atoms with E-state index in [1.54, 1.807) is 0 Å². The minimum Gasteiger partial charge on any atom is -0.0805 e. The van der Waals surface area contributed by atoms with Crippen LogP contribution in [0, 0.1) is 40.9 Å². The number of allylic oxidation sites excluding steroid dienone is 4. The van der Waals surface area contributed by atoms with Crippen LogP contribution in [0.4, 0.5) is 0 Å². The van der Waals surface area contributed by atoms with Gasteiger partial charge in [-0.05, 0) is 66.6 Å². The summed E-state index contributed by atoms with van der Waals surface area (Å²) in [5, 5.41) is 0. The zero-order chi connectivity index (χ0) is 14.4. The van der Waals surface area contributed by atoms with E-state index in [-0.39, 0.29) is 0 Å². The molecule has 0 heterocycles. The Hall–Kier alpha value is -0.520. The monoisotopic (exact) mass is 284 g/mol. The van der Waals surface area contributed by atoms with E-state index in [9.17, 15) is 0 Å². The SMILES string of the molecule is CC(C)(C1CCCC1)C1C2C=CC=CC2C2CCCCC21. The van der Waals surface area contributed by atoms with Gasteiger partial charge in [-0.3, -0.25) is 0 Å². The maximum Gasteiger partial charge on any atom is -0.0128 e. The Morgan fingerprint density at radius 3 is 2.00 bits per heavy atom. The number of hydrogen-bond donors (Lipinski definition) is 0. The summed E-state index contributed by atoms with van der Waals surface area (Å²) in [6.45, 7) is 5.27. The summed E-state index contributed by atoms with van der Waals surface area (Å²) >= 11 is 0. The second-order valence-electron chi connectivity index (χ2n) is 8.87. The highest BCUT2D eigenvalue weighted by Crippen LogP contribution is 2.62. The van der Waals surface area contributed by atoms with Gasteiger partial charge in [-0.1, -0.05) is 63.8 Å². The third-order valence-corrected chi connectivity index (χ3v) is 7.73. The molecule has 5 unspecified atom stereocenters. The molecule has 0 N–H and O–H groups in total. The van der Waals surface area contributed by atoms with E-state index in [0.717, 1.165) is 35.5 Å². The fourth-order valence-electron chi connectivity index (χ4n) is 6.82. The highest BCUT2D eigenvalue weighted by Gasteiger charge is 2.55. The van der Waals surface area contributed by atoms with E-state index in [1.807, 2.05) is 0 Å². The van der Waals surface area contributed by atoms with Crippen LogP contribution < -0.4 is 0 Å². The molecule has 4 rings (SSSR count). The lowest BCUT2D eigenvalue weighted by Gasteiger charge is -2.45. The molecule has 0 heteroatoms. The Bertz CT molecular complexity index is 435. The number of fused-ring (bicyclic) bond motifs is 3. The normalized spacial score (nSPS) is 43.0. The van der Waals surface area contributed by atoms with E-state index in [2.05, 4.69) is 38.2 Å². The van der Waals surface area contributed by atoms with Crippen LogP contribution in [-0.2, 0) is 0 Å². The number of rotatable bonds is 2. The first kappa shape index (κ1) is 14.1. The van der Waals surface area contributed by atoms with E-state index in [4.69, 9.17) is 0 Å². The molecule has 0 radical (unpaired) electrons. The summed E-state index contributed by atoms with van der Waals surface area (Å²) in [4.78, 5) is 0. The van der Waals surface area contributed by atoms with Gasteiger partial charge in [-0.15, -0.1) is 0 Å². The molecule has 0 aromatic heterocycles. The Kier molecular flexibility index (Phi) is 3.55. The van der Waals surface area contributed by atoms with Crippen molar-refractivity contribution in [1.82, 2.24) is 0 Å². The van der Waals surface area contributed by atoms with Crippen molar-refractivity contribution in [3.63, 3.8) is 0 Å². The summed E-state index contributed by atoms with van der Waals surface area (Å²) in [6, 6.07) is 0. The van der Waals surface area contributed by atoms with Crippen molar-refractivity contribution in [2.45, 2.75) is 65.2 Å². The quantitative estimate of drug-likeness (QED) is 0.583. The van der Waals surface area contributed by atoms with Gasteiger partial charge in [0, 0.05) is 0 Å². The fraction of sp³-hybridized carbons (Fsp3) is 0.810. The number of hydrogen-bond acceptors (Lipinski definition) is 0. The smallest absolute Gasteiger partial charge is 0.0128 e. The zero-order valence-electron chi connectivity index (χ0n) is 13.9. The molecule has 0 aliphatic heterocycles. The maximum absolute atomic E-state index is 2.63. The van der Waals surface area contributed by atoms with Crippen LogP contribution in [0.15, 0.2) is 24.3 Å². The van der Waals surface area contributed by atoms with Crippen LogP contribution in [0.25, 0.3) is 0 Å². The van der Waals surface area contributed by atoms with Gasteiger partial charge in [-0.25, -0.2) is 0 Å². The zero-order valence-corrected chi connectivity index (χ0v) is 13.9. The Morgan fingerprint density at radius 1 is 0.714 bits per heavy atom. The maximum atomic E-state index is 2.63. The van der Waals surface area contributed by atoms with Crippen molar-refractivity contribution in [2.75, 3.05) is 0 Å². The first-order chi connectivity index (χ1) is 10.2.